The van der Waals surface area contributed by atoms with Crippen LogP contribution < -0.4 is 0 Å². The van der Waals surface area contributed by atoms with Gasteiger partial charge in [-0.15, -0.1) is 0 Å². The zero-order valence-electron chi connectivity index (χ0n) is 12.3. The first-order chi connectivity index (χ1) is 9.63. The Kier molecular flexibility index (Phi) is 3.74. The summed E-state index contributed by atoms with van der Waals surface area (Å²) in [5.74, 6) is 1.77. The number of pyridine rings is 1. The number of amides is 1. The van der Waals surface area contributed by atoms with Crippen LogP contribution in [-0.4, -0.2) is 46.9 Å². The number of carbonyl (C=O) groups is 1. The van der Waals surface area contributed by atoms with Gasteiger partial charge in [-0.1, -0.05) is 19.9 Å². The van der Waals surface area contributed by atoms with Crippen molar-refractivity contribution in [2.75, 3.05) is 26.2 Å². The first-order valence-electron chi connectivity index (χ1n) is 7.53. The van der Waals surface area contributed by atoms with Crippen LogP contribution in [0.1, 0.15) is 19.4 Å². The van der Waals surface area contributed by atoms with E-state index in [4.69, 9.17) is 0 Å². The van der Waals surface area contributed by atoms with Gasteiger partial charge >= 0.3 is 0 Å². The van der Waals surface area contributed by atoms with Gasteiger partial charge in [-0.05, 0) is 23.5 Å². The summed E-state index contributed by atoms with van der Waals surface area (Å²) in [4.78, 5) is 20.8. The van der Waals surface area contributed by atoms with Gasteiger partial charge in [-0.3, -0.25) is 14.7 Å². The minimum absolute atomic E-state index is 0.125. The quantitative estimate of drug-likeness (QED) is 0.840. The summed E-state index contributed by atoms with van der Waals surface area (Å²) in [5, 5.41) is 0. The van der Waals surface area contributed by atoms with Crippen molar-refractivity contribution in [3.63, 3.8) is 0 Å². The standard InChI is InChI=1S/C16H23N3O/c1-12(2)16(20)19-10-14-8-18(9-15(14)11-19)7-13-4-3-5-17-6-13/h3-6,12,14-15H,7-11H2,1-2H3/t14-,15+. The van der Waals surface area contributed by atoms with Gasteiger partial charge in [-0.25, -0.2) is 0 Å². The Balaban J connectivity index is 1.55. The van der Waals surface area contributed by atoms with Crippen LogP contribution in [-0.2, 0) is 11.3 Å². The van der Waals surface area contributed by atoms with E-state index in [2.05, 4.69) is 20.9 Å². The minimum atomic E-state index is 0.125. The maximum Gasteiger partial charge on any atom is 0.225 e. The third kappa shape index (κ3) is 2.70. The molecule has 2 atom stereocenters. The molecule has 0 unspecified atom stereocenters. The van der Waals surface area contributed by atoms with Crippen LogP contribution in [0.15, 0.2) is 24.5 Å². The fourth-order valence-corrected chi connectivity index (χ4v) is 3.51. The van der Waals surface area contributed by atoms with Crippen molar-refractivity contribution in [1.29, 1.82) is 0 Å². The minimum Gasteiger partial charge on any atom is -0.342 e. The molecule has 0 bridgehead atoms. The average molecular weight is 273 g/mol. The van der Waals surface area contributed by atoms with E-state index in [0.29, 0.717) is 17.7 Å². The molecule has 3 heterocycles. The molecule has 2 fully saturated rings. The number of fused-ring (bicyclic) bond motifs is 1. The number of carbonyl (C=O) groups excluding carboxylic acids is 1. The monoisotopic (exact) mass is 273 g/mol. The summed E-state index contributed by atoms with van der Waals surface area (Å²) in [6.45, 7) is 9.09. The Bertz CT molecular complexity index is 460. The fourth-order valence-electron chi connectivity index (χ4n) is 3.51. The topological polar surface area (TPSA) is 36.4 Å². The lowest BCUT2D eigenvalue weighted by Gasteiger charge is -2.22. The lowest BCUT2D eigenvalue weighted by molar-refractivity contribution is -0.133. The van der Waals surface area contributed by atoms with Crippen molar-refractivity contribution in [3.05, 3.63) is 30.1 Å². The Morgan fingerprint density at radius 1 is 1.30 bits per heavy atom. The first kappa shape index (κ1) is 13.6. The molecule has 2 aliphatic heterocycles. The number of hydrogen-bond acceptors (Lipinski definition) is 3. The van der Waals surface area contributed by atoms with Crippen LogP contribution in [0.2, 0.25) is 0 Å². The highest BCUT2D eigenvalue weighted by Crippen LogP contribution is 2.32. The molecule has 4 nitrogen and oxygen atoms in total. The molecule has 0 N–H and O–H groups in total. The summed E-state index contributed by atoms with van der Waals surface area (Å²) < 4.78 is 0. The highest BCUT2D eigenvalue weighted by Gasteiger charge is 2.41. The lowest BCUT2D eigenvalue weighted by Crippen LogP contribution is -2.35. The number of nitrogens with zero attached hydrogens (tertiary/aromatic N) is 3. The summed E-state index contributed by atoms with van der Waals surface area (Å²) in [7, 11) is 0. The number of aromatic nitrogens is 1. The SMILES string of the molecule is CC(C)C(=O)N1C[C@H]2CN(Cc3cccnc3)C[C@H]2C1. The smallest absolute Gasteiger partial charge is 0.225 e. The third-order valence-corrected chi connectivity index (χ3v) is 4.50. The molecule has 0 aromatic carbocycles. The lowest BCUT2D eigenvalue weighted by atomic mass is 10.0. The van der Waals surface area contributed by atoms with Crippen LogP contribution in [0.5, 0.6) is 0 Å². The molecule has 3 rings (SSSR count). The van der Waals surface area contributed by atoms with E-state index in [1.807, 2.05) is 32.3 Å². The summed E-state index contributed by atoms with van der Waals surface area (Å²) in [5.41, 5.74) is 1.28. The molecule has 0 radical (unpaired) electrons. The molecule has 1 aromatic heterocycles. The first-order valence-corrected chi connectivity index (χ1v) is 7.53. The molecular weight excluding hydrogens is 250 g/mol. The second-order valence-corrected chi connectivity index (χ2v) is 6.47. The fraction of sp³-hybridized carbons (Fsp3) is 0.625. The van der Waals surface area contributed by atoms with Crippen molar-refractivity contribution in [2.45, 2.75) is 20.4 Å². The van der Waals surface area contributed by atoms with Crippen molar-refractivity contribution in [2.24, 2.45) is 17.8 Å². The van der Waals surface area contributed by atoms with Crippen LogP contribution in [0.4, 0.5) is 0 Å². The maximum atomic E-state index is 12.1. The van der Waals surface area contributed by atoms with Crippen molar-refractivity contribution < 1.29 is 4.79 Å². The van der Waals surface area contributed by atoms with E-state index in [1.165, 1.54) is 5.56 Å². The molecule has 2 aliphatic rings. The van der Waals surface area contributed by atoms with E-state index in [0.717, 1.165) is 32.7 Å². The zero-order valence-corrected chi connectivity index (χ0v) is 12.3. The van der Waals surface area contributed by atoms with E-state index in [-0.39, 0.29) is 5.92 Å². The summed E-state index contributed by atoms with van der Waals surface area (Å²) in [6, 6.07) is 4.13. The number of likely N-dealkylation sites (tertiary alicyclic amines) is 2. The Morgan fingerprint density at radius 2 is 2.00 bits per heavy atom. The molecule has 1 aromatic rings. The van der Waals surface area contributed by atoms with Gasteiger partial charge in [0.25, 0.3) is 0 Å². The molecule has 0 saturated carbocycles. The summed E-state index contributed by atoms with van der Waals surface area (Å²) >= 11 is 0. The predicted octanol–water partition coefficient (Wildman–Crippen LogP) is 1.63. The van der Waals surface area contributed by atoms with E-state index in [9.17, 15) is 4.79 Å². The molecular formula is C16H23N3O. The van der Waals surface area contributed by atoms with Gasteiger partial charge in [0.2, 0.25) is 5.91 Å². The van der Waals surface area contributed by atoms with Gasteiger partial charge in [-0.2, -0.15) is 0 Å². The van der Waals surface area contributed by atoms with Gasteiger partial charge < -0.3 is 4.90 Å². The Hall–Kier alpha value is -1.42. The number of rotatable bonds is 3. The molecule has 0 aliphatic carbocycles. The Labute approximate surface area is 120 Å². The molecule has 4 heteroatoms. The van der Waals surface area contributed by atoms with Gasteiger partial charge in [0.1, 0.15) is 0 Å². The maximum absolute atomic E-state index is 12.1. The Morgan fingerprint density at radius 3 is 2.55 bits per heavy atom. The van der Waals surface area contributed by atoms with Crippen molar-refractivity contribution in [1.82, 2.24) is 14.8 Å². The van der Waals surface area contributed by atoms with Crippen LogP contribution in [0, 0.1) is 17.8 Å². The zero-order chi connectivity index (χ0) is 14.1. The van der Waals surface area contributed by atoms with Gasteiger partial charge in [0.05, 0.1) is 0 Å². The summed E-state index contributed by atoms with van der Waals surface area (Å²) in [6.07, 6.45) is 3.76. The third-order valence-electron chi connectivity index (χ3n) is 4.50. The molecule has 0 spiro atoms. The predicted molar refractivity (Wildman–Crippen MR) is 77.9 cm³/mol. The largest absolute Gasteiger partial charge is 0.342 e. The van der Waals surface area contributed by atoms with E-state index in [1.54, 1.807) is 0 Å². The average Bonchev–Trinajstić information content (AvgIpc) is 2.96. The number of hydrogen-bond donors (Lipinski definition) is 0. The molecule has 2 saturated heterocycles. The van der Waals surface area contributed by atoms with E-state index >= 15 is 0 Å². The molecule has 20 heavy (non-hydrogen) atoms. The van der Waals surface area contributed by atoms with E-state index < -0.39 is 0 Å². The van der Waals surface area contributed by atoms with Crippen LogP contribution >= 0.6 is 0 Å². The van der Waals surface area contributed by atoms with Gasteiger partial charge in [0, 0.05) is 51.0 Å². The molecule has 1 amide bonds. The van der Waals surface area contributed by atoms with Crippen molar-refractivity contribution in [3.8, 4) is 0 Å². The van der Waals surface area contributed by atoms with Crippen LogP contribution in [0.25, 0.3) is 0 Å². The highest BCUT2D eigenvalue weighted by molar-refractivity contribution is 5.78. The highest BCUT2D eigenvalue weighted by atomic mass is 16.2. The second kappa shape index (κ2) is 5.52. The van der Waals surface area contributed by atoms with Gasteiger partial charge in [0.15, 0.2) is 0 Å². The normalized spacial score (nSPS) is 26.2. The second-order valence-electron chi connectivity index (χ2n) is 6.47. The molecule has 108 valence electrons. The van der Waals surface area contributed by atoms with Crippen molar-refractivity contribution >= 4 is 5.91 Å². The van der Waals surface area contributed by atoms with Crippen LogP contribution in [0.3, 0.4) is 0 Å².